The molecule has 0 aliphatic rings. The van der Waals surface area contributed by atoms with Crippen LogP contribution in [0.3, 0.4) is 0 Å². The average molecular weight is 338 g/mol. The Bertz CT molecular complexity index is 1000. The van der Waals surface area contributed by atoms with E-state index in [0.717, 1.165) is 10.1 Å². The average Bonchev–Trinajstić information content (AvgIpc) is 2.62. The highest BCUT2D eigenvalue weighted by molar-refractivity contribution is 5.79. The topological polar surface area (TPSA) is 53.2 Å². The molecule has 0 radical (unpaired) electrons. The van der Waals surface area contributed by atoms with Crippen molar-refractivity contribution in [1.82, 2.24) is 9.13 Å². The summed E-state index contributed by atoms with van der Waals surface area (Å²) in [7, 11) is 1.51. The fraction of sp³-hybridized carbons (Fsp3) is 0.300. The van der Waals surface area contributed by atoms with Gasteiger partial charge >= 0.3 is 5.69 Å². The highest BCUT2D eigenvalue weighted by Crippen LogP contribution is 2.19. The number of fused-ring (bicyclic) bond motifs is 1. The zero-order valence-electron chi connectivity index (χ0n) is 14.7. The molecular weight excluding hydrogens is 316 g/mol. The minimum absolute atomic E-state index is 0.288. The first-order valence-corrected chi connectivity index (χ1v) is 8.37. The van der Waals surface area contributed by atoms with E-state index in [0.29, 0.717) is 35.7 Å². The lowest BCUT2D eigenvalue weighted by Crippen LogP contribution is -2.38. The van der Waals surface area contributed by atoms with Crippen molar-refractivity contribution >= 4 is 10.9 Å². The first-order chi connectivity index (χ1) is 12.0. The summed E-state index contributed by atoms with van der Waals surface area (Å²) in [4.78, 5) is 24.9. The second-order valence-electron chi connectivity index (χ2n) is 6.60. The molecule has 0 aliphatic heterocycles. The maximum atomic E-state index is 12.5. The molecule has 5 nitrogen and oxygen atoms in total. The lowest BCUT2D eigenvalue weighted by atomic mass is 10.2. The third-order valence-corrected chi connectivity index (χ3v) is 4.11. The molecule has 5 heteroatoms. The third kappa shape index (κ3) is 3.50. The predicted molar refractivity (Wildman–Crippen MR) is 99.1 cm³/mol. The quantitative estimate of drug-likeness (QED) is 0.719. The summed E-state index contributed by atoms with van der Waals surface area (Å²) >= 11 is 0. The number of hydrogen-bond donors (Lipinski definition) is 0. The number of benzene rings is 2. The predicted octanol–water partition coefficient (Wildman–Crippen LogP) is 2.94. The molecule has 0 fully saturated rings. The van der Waals surface area contributed by atoms with Crippen molar-refractivity contribution in [3.8, 4) is 5.75 Å². The van der Waals surface area contributed by atoms with Crippen LogP contribution in [-0.4, -0.2) is 9.13 Å². The van der Waals surface area contributed by atoms with Gasteiger partial charge in [0.2, 0.25) is 0 Å². The molecule has 130 valence electrons. The molecule has 2 aromatic carbocycles. The van der Waals surface area contributed by atoms with Gasteiger partial charge in [-0.05, 0) is 29.7 Å². The molecule has 0 saturated carbocycles. The van der Waals surface area contributed by atoms with Gasteiger partial charge in [-0.2, -0.15) is 0 Å². The van der Waals surface area contributed by atoms with Gasteiger partial charge in [0.05, 0.1) is 10.9 Å². The SMILES string of the molecule is CC(C)Cn1c(=O)n(C)c(=O)c2cc(OCc3ccccc3)ccc21. The van der Waals surface area contributed by atoms with E-state index in [9.17, 15) is 9.59 Å². The number of hydrogen-bond acceptors (Lipinski definition) is 3. The van der Waals surface area contributed by atoms with Crippen molar-refractivity contribution in [2.45, 2.75) is 27.0 Å². The smallest absolute Gasteiger partial charge is 0.331 e. The van der Waals surface area contributed by atoms with E-state index < -0.39 is 0 Å². The summed E-state index contributed by atoms with van der Waals surface area (Å²) in [6.07, 6.45) is 0. The minimum Gasteiger partial charge on any atom is -0.489 e. The molecule has 0 bridgehead atoms. The van der Waals surface area contributed by atoms with Crippen LogP contribution in [0, 0.1) is 5.92 Å². The highest BCUT2D eigenvalue weighted by atomic mass is 16.5. The highest BCUT2D eigenvalue weighted by Gasteiger charge is 2.12. The van der Waals surface area contributed by atoms with Gasteiger partial charge in [-0.15, -0.1) is 0 Å². The summed E-state index contributed by atoms with van der Waals surface area (Å²) in [6, 6.07) is 15.2. The van der Waals surface area contributed by atoms with Gasteiger partial charge in [-0.3, -0.25) is 13.9 Å². The summed E-state index contributed by atoms with van der Waals surface area (Å²) in [5.41, 5.74) is 1.11. The maximum absolute atomic E-state index is 12.5. The Balaban J connectivity index is 2.02. The van der Waals surface area contributed by atoms with Crippen LogP contribution in [0.1, 0.15) is 19.4 Å². The van der Waals surface area contributed by atoms with Crippen molar-refractivity contribution in [2.24, 2.45) is 13.0 Å². The van der Waals surface area contributed by atoms with Crippen LogP contribution >= 0.6 is 0 Å². The zero-order chi connectivity index (χ0) is 18.0. The first-order valence-electron chi connectivity index (χ1n) is 8.37. The summed E-state index contributed by atoms with van der Waals surface area (Å²) < 4.78 is 8.62. The minimum atomic E-state index is -0.301. The molecule has 1 aromatic heterocycles. The fourth-order valence-corrected chi connectivity index (χ4v) is 2.85. The Hall–Kier alpha value is -2.82. The molecule has 3 aromatic rings. The number of rotatable bonds is 5. The second kappa shape index (κ2) is 6.97. The zero-order valence-corrected chi connectivity index (χ0v) is 14.7. The first kappa shape index (κ1) is 17.0. The molecule has 3 rings (SSSR count). The number of aromatic nitrogens is 2. The summed E-state index contributed by atoms with van der Waals surface area (Å²) in [5.74, 6) is 0.913. The van der Waals surface area contributed by atoms with E-state index in [2.05, 4.69) is 0 Å². The van der Waals surface area contributed by atoms with Gasteiger partial charge in [-0.25, -0.2) is 4.79 Å². The number of ether oxygens (including phenoxy) is 1. The monoisotopic (exact) mass is 338 g/mol. The van der Waals surface area contributed by atoms with Crippen LogP contribution in [0.5, 0.6) is 5.75 Å². The van der Waals surface area contributed by atoms with Crippen molar-refractivity contribution in [1.29, 1.82) is 0 Å². The Morgan fingerprint density at radius 2 is 1.76 bits per heavy atom. The molecule has 25 heavy (non-hydrogen) atoms. The second-order valence-corrected chi connectivity index (χ2v) is 6.60. The molecule has 1 heterocycles. The molecule has 0 spiro atoms. The van der Waals surface area contributed by atoms with E-state index in [1.807, 2.05) is 44.2 Å². The van der Waals surface area contributed by atoms with Crippen LogP contribution < -0.4 is 16.0 Å². The number of nitrogens with zero attached hydrogens (tertiary/aromatic N) is 2. The van der Waals surface area contributed by atoms with Gasteiger partial charge in [0.1, 0.15) is 12.4 Å². The van der Waals surface area contributed by atoms with Crippen molar-refractivity contribution < 1.29 is 4.74 Å². The van der Waals surface area contributed by atoms with Gasteiger partial charge in [0.15, 0.2) is 0 Å². The Morgan fingerprint density at radius 1 is 1.04 bits per heavy atom. The van der Waals surface area contributed by atoms with E-state index in [-0.39, 0.29) is 11.2 Å². The maximum Gasteiger partial charge on any atom is 0.331 e. The van der Waals surface area contributed by atoms with Gasteiger partial charge in [-0.1, -0.05) is 44.2 Å². The van der Waals surface area contributed by atoms with Crippen molar-refractivity contribution in [3.63, 3.8) is 0 Å². The van der Waals surface area contributed by atoms with E-state index in [1.165, 1.54) is 7.05 Å². The molecule has 0 atom stereocenters. The van der Waals surface area contributed by atoms with Crippen LogP contribution in [0.4, 0.5) is 0 Å². The molecule has 0 saturated heterocycles. The van der Waals surface area contributed by atoms with E-state index in [4.69, 9.17) is 4.74 Å². The van der Waals surface area contributed by atoms with Crippen LogP contribution in [-0.2, 0) is 20.2 Å². The van der Waals surface area contributed by atoms with E-state index >= 15 is 0 Å². The van der Waals surface area contributed by atoms with E-state index in [1.54, 1.807) is 22.8 Å². The summed E-state index contributed by atoms with van der Waals surface area (Å²) in [5, 5.41) is 0.494. The molecule has 0 aliphatic carbocycles. The van der Waals surface area contributed by atoms with Crippen LogP contribution in [0.25, 0.3) is 10.9 Å². The van der Waals surface area contributed by atoms with Crippen LogP contribution in [0.15, 0.2) is 58.1 Å². The largest absolute Gasteiger partial charge is 0.489 e. The molecule has 0 N–H and O–H groups in total. The molecule has 0 unspecified atom stereocenters. The Labute approximate surface area is 146 Å². The Morgan fingerprint density at radius 3 is 2.44 bits per heavy atom. The molecule has 0 amide bonds. The van der Waals surface area contributed by atoms with Crippen molar-refractivity contribution in [3.05, 3.63) is 74.9 Å². The lowest BCUT2D eigenvalue weighted by molar-refractivity contribution is 0.306. The summed E-state index contributed by atoms with van der Waals surface area (Å²) in [6.45, 7) is 5.08. The lowest BCUT2D eigenvalue weighted by Gasteiger charge is -2.15. The molecular formula is C20H22N2O3. The van der Waals surface area contributed by atoms with Gasteiger partial charge in [0.25, 0.3) is 5.56 Å². The Kier molecular flexibility index (Phi) is 4.74. The van der Waals surface area contributed by atoms with Crippen LogP contribution in [0.2, 0.25) is 0 Å². The third-order valence-electron chi connectivity index (χ3n) is 4.11. The normalized spacial score (nSPS) is 11.2. The fourth-order valence-electron chi connectivity index (χ4n) is 2.85. The standard InChI is InChI=1S/C20H22N2O3/c1-14(2)12-22-18-10-9-16(25-13-15-7-5-4-6-8-15)11-17(18)19(23)21(3)20(22)24/h4-11,14H,12-13H2,1-3H3. The van der Waals surface area contributed by atoms with Gasteiger partial charge in [0, 0.05) is 13.6 Å². The van der Waals surface area contributed by atoms with Gasteiger partial charge < -0.3 is 4.74 Å². The van der Waals surface area contributed by atoms with Crippen molar-refractivity contribution in [2.75, 3.05) is 0 Å².